The van der Waals surface area contributed by atoms with Gasteiger partial charge >= 0.3 is 5.97 Å². The number of carbonyl (C=O) groups is 1. The molecule has 0 aliphatic carbocycles. The van der Waals surface area contributed by atoms with Crippen LogP contribution < -0.4 is 10.6 Å². The minimum atomic E-state index is -0.985. The highest BCUT2D eigenvalue weighted by atomic mass is 16.5. The minimum absolute atomic E-state index is 0.174. The first-order valence-electron chi connectivity index (χ1n) is 6.85. The van der Waals surface area contributed by atoms with Gasteiger partial charge < -0.3 is 20.5 Å². The fraction of sp³-hybridized carbons (Fsp3) is 0.533. The fourth-order valence-electron chi connectivity index (χ4n) is 2.71. The summed E-state index contributed by atoms with van der Waals surface area (Å²) < 4.78 is 5.50. The van der Waals surface area contributed by atoms with E-state index < -0.39 is 5.97 Å². The predicted molar refractivity (Wildman–Crippen MR) is 79.3 cm³/mol. The first-order chi connectivity index (χ1) is 9.43. The van der Waals surface area contributed by atoms with Crippen LogP contribution in [0.3, 0.4) is 0 Å². The lowest BCUT2D eigenvalue weighted by Gasteiger charge is -2.38. The maximum atomic E-state index is 11.3. The van der Waals surface area contributed by atoms with Crippen molar-refractivity contribution in [3.05, 3.63) is 23.3 Å². The SMILES string of the molecule is COC1CN(c2cc(C)c(N)c(C(=O)O)c2)CCC1C. The smallest absolute Gasteiger partial charge is 0.337 e. The molecule has 1 aromatic rings. The summed E-state index contributed by atoms with van der Waals surface area (Å²) in [6, 6.07) is 3.61. The van der Waals surface area contributed by atoms with Crippen molar-refractivity contribution in [3.63, 3.8) is 0 Å². The molecule has 1 heterocycles. The number of nitrogens with two attached hydrogens (primary N) is 1. The molecule has 0 radical (unpaired) electrons. The Morgan fingerprint density at radius 2 is 2.20 bits per heavy atom. The van der Waals surface area contributed by atoms with Crippen LogP contribution in [-0.2, 0) is 4.74 Å². The summed E-state index contributed by atoms with van der Waals surface area (Å²) in [6.07, 6.45) is 1.21. The second-order valence-corrected chi connectivity index (χ2v) is 5.52. The molecule has 1 aromatic carbocycles. The first-order valence-corrected chi connectivity index (χ1v) is 6.85. The van der Waals surface area contributed by atoms with E-state index in [0.29, 0.717) is 11.6 Å². The summed E-state index contributed by atoms with van der Waals surface area (Å²) in [7, 11) is 1.72. The highest BCUT2D eigenvalue weighted by Crippen LogP contribution is 2.29. The molecule has 2 atom stereocenters. The van der Waals surface area contributed by atoms with Gasteiger partial charge in [0.15, 0.2) is 0 Å². The van der Waals surface area contributed by atoms with Gasteiger partial charge in [-0.3, -0.25) is 0 Å². The average Bonchev–Trinajstić information content (AvgIpc) is 2.42. The topological polar surface area (TPSA) is 75.8 Å². The number of aryl methyl sites for hydroxylation is 1. The molecule has 20 heavy (non-hydrogen) atoms. The Balaban J connectivity index is 2.31. The molecular formula is C15H22N2O3. The highest BCUT2D eigenvalue weighted by Gasteiger charge is 2.27. The van der Waals surface area contributed by atoms with E-state index in [2.05, 4.69) is 11.8 Å². The molecule has 0 bridgehead atoms. The van der Waals surface area contributed by atoms with E-state index in [0.717, 1.165) is 30.8 Å². The lowest BCUT2D eigenvalue weighted by molar-refractivity contribution is 0.0498. The molecular weight excluding hydrogens is 256 g/mol. The van der Waals surface area contributed by atoms with Crippen LogP contribution in [-0.4, -0.2) is 37.4 Å². The largest absolute Gasteiger partial charge is 0.478 e. The number of aromatic carboxylic acids is 1. The molecule has 5 heteroatoms. The van der Waals surface area contributed by atoms with Crippen LogP contribution in [0.25, 0.3) is 0 Å². The number of anilines is 2. The quantitative estimate of drug-likeness (QED) is 0.828. The zero-order chi connectivity index (χ0) is 14.9. The van der Waals surface area contributed by atoms with Gasteiger partial charge in [0.2, 0.25) is 0 Å². The Labute approximate surface area is 119 Å². The third-order valence-electron chi connectivity index (χ3n) is 4.16. The summed E-state index contributed by atoms with van der Waals surface area (Å²) in [4.78, 5) is 13.4. The Morgan fingerprint density at radius 3 is 2.80 bits per heavy atom. The zero-order valence-electron chi connectivity index (χ0n) is 12.2. The molecule has 5 nitrogen and oxygen atoms in total. The van der Waals surface area contributed by atoms with Crippen LogP contribution in [0.2, 0.25) is 0 Å². The fourth-order valence-corrected chi connectivity index (χ4v) is 2.71. The Kier molecular flexibility index (Phi) is 4.18. The maximum absolute atomic E-state index is 11.3. The van der Waals surface area contributed by atoms with Gasteiger partial charge in [0.1, 0.15) is 0 Å². The molecule has 1 aliphatic rings. The number of methoxy groups -OCH3 is 1. The van der Waals surface area contributed by atoms with Gasteiger partial charge in [-0.15, -0.1) is 0 Å². The summed E-state index contributed by atoms with van der Waals surface area (Å²) in [6.45, 7) is 5.71. The van der Waals surface area contributed by atoms with Crippen LogP contribution >= 0.6 is 0 Å². The number of carboxylic acid groups (broad SMARTS) is 1. The molecule has 1 fully saturated rings. The van der Waals surface area contributed by atoms with Crippen molar-refractivity contribution in [2.45, 2.75) is 26.4 Å². The van der Waals surface area contributed by atoms with E-state index in [1.54, 1.807) is 13.2 Å². The highest BCUT2D eigenvalue weighted by molar-refractivity contribution is 5.95. The third kappa shape index (κ3) is 2.72. The van der Waals surface area contributed by atoms with E-state index in [1.807, 2.05) is 13.0 Å². The summed E-state index contributed by atoms with van der Waals surface area (Å²) in [5.74, 6) is -0.466. The molecule has 2 rings (SSSR count). The van der Waals surface area contributed by atoms with Crippen molar-refractivity contribution >= 4 is 17.3 Å². The van der Waals surface area contributed by atoms with Crippen LogP contribution in [0, 0.1) is 12.8 Å². The van der Waals surface area contributed by atoms with E-state index in [-0.39, 0.29) is 11.7 Å². The molecule has 1 saturated heterocycles. The normalized spacial score (nSPS) is 22.9. The minimum Gasteiger partial charge on any atom is -0.478 e. The van der Waals surface area contributed by atoms with Gasteiger partial charge in [-0.25, -0.2) is 4.79 Å². The van der Waals surface area contributed by atoms with Crippen molar-refractivity contribution < 1.29 is 14.6 Å². The number of benzene rings is 1. The summed E-state index contributed by atoms with van der Waals surface area (Å²) in [5, 5.41) is 9.23. The van der Waals surface area contributed by atoms with Crippen LogP contribution in [0.1, 0.15) is 29.3 Å². The van der Waals surface area contributed by atoms with Gasteiger partial charge in [-0.2, -0.15) is 0 Å². The number of rotatable bonds is 3. The van der Waals surface area contributed by atoms with Crippen molar-refractivity contribution in [1.29, 1.82) is 0 Å². The van der Waals surface area contributed by atoms with E-state index in [4.69, 9.17) is 10.5 Å². The van der Waals surface area contributed by atoms with Crippen molar-refractivity contribution in [3.8, 4) is 0 Å². The second kappa shape index (κ2) is 5.71. The molecule has 3 N–H and O–H groups in total. The molecule has 0 saturated carbocycles. The van der Waals surface area contributed by atoms with Gasteiger partial charge in [0.25, 0.3) is 0 Å². The standard InChI is InChI=1S/C15H22N2O3/c1-9-4-5-17(8-13(9)20-3)11-6-10(2)14(16)12(7-11)15(18)19/h6-7,9,13H,4-5,8,16H2,1-3H3,(H,18,19). The van der Waals surface area contributed by atoms with Crippen molar-refractivity contribution in [1.82, 2.24) is 0 Å². The Morgan fingerprint density at radius 1 is 1.50 bits per heavy atom. The van der Waals surface area contributed by atoms with Gasteiger partial charge in [0.05, 0.1) is 11.7 Å². The van der Waals surface area contributed by atoms with E-state index in [1.165, 1.54) is 0 Å². The van der Waals surface area contributed by atoms with Crippen LogP contribution in [0.15, 0.2) is 12.1 Å². The number of carboxylic acids is 1. The third-order valence-corrected chi connectivity index (χ3v) is 4.16. The number of nitrogen functional groups attached to an aromatic ring is 1. The Hall–Kier alpha value is -1.75. The summed E-state index contributed by atoms with van der Waals surface area (Å²) >= 11 is 0. The lowest BCUT2D eigenvalue weighted by atomic mass is 9.95. The van der Waals surface area contributed by atoms with E-state index >= 15 is 0 Å². The molecule has 0 spiro atoms. The maximum Gasteiger partial charge on any atom is 0.337 e. The van der Waals surface area contributed by atoms with E-state index in [9.17, 15) is 9.90 Å². The molecule has 0 aromatic heterocycles. The zero-order valence-corrected chi connectivity index (χ0v) is 12.2. The number of nitrogens with zero attached hydrogens (tertiary/aromatic N) is 1. The monoisotopic (exact) mass is 278 g/mol. The molecule has 110 valence electrons. The molecule has 2 unspecified atom stereocenters. The van der Waals surface area contributed by atoms with Gasteiger partial charge in [0, 0.05) is 31.6 Å². The van der Waals surface area contributed by atoms with Crippen molar-refractivity contribution in [2.75, 3.05) is 30.8 Å². The lowest BCUT2D eigenvalue weighted by Crippen LogP contribution is -2.44. The second-order valence-electron chi connectivity index (χ2n) is 5.52. The van der Waals surface area contributed by atoms with Gasteiger partial charge in [-0.05, 0) is 37.0 Å². The van der Waals surface area contributed by atoms with Crippen LogP contribution in [0.5, 0.6) is 0 Å². The number of ether oxygens (including phenoxy) is 1. The first kappa shape index (κ1) is 14.7. The Bertz CT molecular complexity index is 516. The number of piperidine rings is 1. The van der Waals surface area contributed by atoms with Gasteiger partial charge in [-0.1, -0.05) is 6.92 Å². The molecule has 1 aliphatic heterocycles. The average molecular weight is 278 g/mol. The predicted octanol–water partition coefficient (Wildman–Crippen LogP) is 2.14. The summed E-state index contributed by atoms with van der Waals surface area (Å²) in [5.41, 5.74) is 8.05. The van der Waals surface area contributed by atoms with Crippen LogP contribution in [0.4, 0.5) is 11.4 Å². The number of hydrogen-bond donors (Lipinski definition) is 2. The number of hydrogen-bond acceptors (Lipinski definition) is 4. The van der Waals surface area contributed by atoms with Crippen molar-refractivity contribution in [2.24, 2.45) is 5.92 Å². The molecule has 0 amide bonds.